The smallest absolute Gasteiger partial charge is 0.433 e. The summed E-state index contributed by atoms with van der Waals surface area (Å²) in [5.74, 6) is 1.93. The summed E-state index contributed by atoms with van der Waals surface area (Å²) in [6.07, 6.45) is -0.889. The van der Waals surface area contributed by atoms with E-state index in [1.165, 1.54) is 30.3 Å². The van der Waals surface area contributed by atoms with Gasteiger partial charge in [0.05, 0.1) is 43.0 Å². The van der Waals surface area contributed by atoms with Crippen LogP contribution in [0.5, 0.6) is 5.88 Å². The van der Waals surface area contributed by atoms with Crippen LogP contribution in [0.2, 0.25) is 0 Å². The minimum Gasteiger partial charge on any atom is -0.481 e. The van der Waals surface area contributed by atoms with Gasteiger partial charge in [0.25, 0.3) is 0 Å². The fraction of sp³-hybridized carbons (Fsp3) is 0.310. The van der Waals surface area contributed by atoms with Crippen molar-refractivity contribution < 1.29 is 23.0 Å². The van der Waals surface area contributed by atoms with Crippen LogP contribution in [-0.2, 0) is 38.5 Å². The second kappa shape index (κ2) is 10.4. The van der Waals surface area contributed by atoms with Gasteiger partial charge in [-0.3, -0.25) is 9.88 Å². The van der Waals surface area contributed by atoms with Gasteiger partial charge in [0.2, 0.25) is 5.88 Å². The summed E-state index contributed by atoms with van der Waals surface area (Å²) in [4.78, 5) is 14.3. The summed E-state index contributed by atoms with van der Waals surface area (Å²) in [7, 11) is 3.11. The van der Waals surface area contributed by atoms with Crippen molar-refractivity contribution in [2.24, 2.45) is 7.05 Å². The third-order valence-electron chi connectivity index (χ3n) is 7.83. The minimum atomic E-state index is -4.73. The lowest BCUT2D eigenvalue weighted by Gasteiger charge is -2.31. The number of hydrogen-bond acceptors (Lipinski definition) is 9. The van der Waals surface area contributed by atoms with Crippen LogP contribution in [0.4, 0.5) is 13.2 Å². The number of ether oxygens (including phenoxy) is 1. The molecule has 6 rings (SSSR count). The Bertz CT molecular complexity index is 1890. The van der Waals surface area contributed by atoms with E-state index in [-0.39, 0.29) is 28.3 Å². The average molecular weight is 590 g/mol. The number of pyridine rings is 2. The largest absolute Gasteiger partial charge is 0.481 e. The van der Waals surface area contributed by atoms with Crippen molar-refractivity contribution in [3.8, 4) is 11.9 Å². The predicted molar refractivity (Wildman–Crippen MR) is 146 cm³/mol. The third-order valence-corrected chi connectivity index (χ3v) is 7.83. The number of alkyl halides is 3. The van der Waals surface area contributed by atoms with E-state index in [9.17, 15) is 23.5 Å². The van der Waals surface area contributed by atoms with E-state index >= 15 is 0 Å². The first kappa shape index (κ1) is 28.3. The lowest BCUT2D eigenvalue weighted by Crippen LogP contribution is -2.34. The van der Waals surface area contributed by atoms with Crippen molar-refractivity contribution in [3.05, 3.63) is 94.3 Å². The minimum absolute atomic E-state index is 0.0642. The number of methoxy groups -OCH3 is 1. The third kappa shape index (κ3) is 4.76. The maximum absolute atomic E-state index is 13.6. The molecule has 0 aliphatic carbocycles. The lowest BCUT2D eigenvalue weighted by molar-refractivity contribution is -0.141. The number of imidazole rings is 1. The number of halogens is 3. The molecule has 1 atom stereocenters. The molecule has 14 heteroatoms. The van der Waals surface area contributed by atoms with Crippen molar-refractivity contribution in [1.82, 2.24) is 39.2 Å². The molecular formula is C29H26F3N9O2. The second-order valence-electron chi connectivity index (χ2n) is 10.4. The first-order valence-corrected chi connectivity index (χ1v) is 13.3. The molecule has 11 nitrogen and oxygen atoms in total. The first-order chi connectivity index (χ1) is 20.5. The number of aromatic nitrogens is 7. The maximum atomic E-state index is 13.6. The molecule has 1 N–H and O–H groups in total. The van der Waals surface area contributed by atoms with E-state index in [0.29, 0.717) is 42.6 Å². The molecule has 5 heterocycles. The van der Waals surface area contributed by atoms with E-state index in [1.807, 2.05) is 11.5 Å². The molecule has 0 amide bonds. The Morgan fingerprint density at radius 1 is 1.12 bits per heavy atom. The molecule has 220 valence electrons. The van der Waals surface area contributed by atoms with Crippen molar-refractivity contribution in [1.29, 1.82) is 5.26 Å². The Balaban J connectivity index is 1.51. The fourth-order valence-electron chi connectivity index (χ4n) is 5.64. The van der Waals surface area contributed by atoms with Gasteiger partial charge in [-0.2, -0.15) is 18.4 Å². The molecule has 0 spiro atoms. The summed E-state index contributed by atoms with van der Waals surface area (Å²) >= 11 is 0. The summed E-state index contributed by atoms with van der Waals surface area (Å²) < 4.78 is 50.1. The number of aryl methyl sites for hydroxylation is 2. The Morgan fingerprint density at radius 2 is 1.91 bits per heavy atom. The molecule has 0 saturated carbocycles. The Hall–Kier alpha value is -4.87. The topological polar surface area (TPSA) is 131 Å². The standard InChI is InChI=1S/C29H26F3N9O2/c1-17-37-38-26-15-40(8-9-41(17)26)14-22-21(12-33)20-10-18(4-5-23(20)36-27(22)43-3)28(42,25-13-34-16-39(25)2)19-6-7-35-24(11-19)29(30,31)32/h4-7,10-11,13,16,42H,8-9,14-15H2,1-3H3. The van der Waals surface area contributed by atoms with E-state index in [0.717, 1.165) is 23.9 Å². The highest BCUT2D eigenvalue weighted by atomic mass is 19.4. The van der Waals surface area contributed by atoms with Crippen LogP contribution in [0.3, 0.4) is 0 Å². The van der Waals surface area contributed by atoms with Crippen LogP contribution in [0, 0.1) is 18.3 Å². The van der Waals surface area contributed by atoms with E-state index in [2.05, 4.69) is 36.1 Å². The molecule has 1 aromatic carbocycles. The highest BCUT2D eigenvalue weighted by molar-refractivity contribution is 5.88. The number of rotatable bonds is 6. The molecule has 0 saturated heterocycles. The second-order valence-corrected chi connectivity index (χ2v) is 10.4. The number of hydrogen-bond donors (Lipinski definition) is 1. The van der Waals surface area contributed by atoms with Gasteiger partial charge in [0.1, 0.15) is 23.4 Å². The van der Waals surface area contributed by atoms with Crippen molar-refractivity contribution >= 4 is 10.9 Å². The van der Waals surface area contributed by atoms with Crippen molar-refractivity contribution in [3.63, 3.8) is 0 Å². The lowest BCUT2D eigenvalue weighted by atomic mass is 9.82. The average Bonchev–Trinajstić information content (AvgIpc) is 3.60. The number of nitrogens with zero attached hydrogens (tertiary/aromatic N) is 9. The van der Waals surface area contributed by atoms with Crippen molar-refractivity contribution in [2.45, 2.75) is 38.3 Å². The first-order valence-electron chi connectivity index (χ1n) is 13.3. The highest BCUT2D eigenvalue weighted by Crippen LogP contribution is 2.40. The normalized spacial score (nSPS) is 15.2. The molecular weight excluding hydrogens is 563 g/mol. The zero-order valence-corrected chi connectivity index (χ0v) is 23.5. The monoisotopic (exact) mass is 589 g/mol. The quantitative estimate of drug-likeness (QED) is 0.316. The predicted octanol–water partition coefficient (Wildman–Crippen LogP) is 3.46. The van der Waals surface area contributed by atoms with Crippen LogP contribution >= 0.6 is 0 Å². The van der Waals surface area contributed by atoms with E-state index in [1.54, 1.807) is 25.2 Å². The van der Waals surface area contributed by atoms with Gasteiger partial charge in [0, 0.05) is 43.8 Å². The van der Waals surface area contributed by atoms with Crippen LogP contribution in [0.1, 0.15) is 45.3 Å². The van der Waals surface area contributed by atoms with Gasteiger partial charge in [-0.1, -0.05) is 6.07 Å². The van der Waals surface area contributed by atoms with Gasteiger partial charge >= 0.3 is 6.18 Å². The number of aliphatic hydroxyl groups is 1. The SMILES string of the molecule is COc1nc2ccc(C(O)(c3ccnc(C(F)(F)F)c3)c3cncn3C)cc2c(C#N)c1CN1CCn2c(C)nnc2C1. The molecule has 0 radical (unpaired) electrons. The molecule has 1 aliphatic rings. The van der Waals surface area contributed by atoms with Gasteiger partial charge in [-0.15, -0.1) is 10.2 Å². The molecule has 0 bridgehead atoms. The molecule has 0 fully saturated rings. The van der Waals surface area contributed by atoms with Crippen molar-refractivity contribution in [2.75, 3.05) is 13.7 Å². The molecule has 43 heavy (non-hydrogen) atoms. The van der Waals surface area contributed by atoms with E-state index in [4.69, 9.17) is 4.74 Å². The maximum Gasteiger partial charge on any atom is 0.433 e. The summed E-state index contributed by atoms with van der Waals surface area (Å²) in [6, 6.07) is 9.18. The van der Waals surface area contributed by atoms with Crippen LogP contribution in [0.15, 0.2) is 49.1 Å². The Kier molecular flexibility index (Phi) is 6.86. The van der Waals surface area contributed by atoms with Gasteiger partial charge in [-0.25, -0.2) is 9.97 Å². The summed E-state index contributed by atoms with van der Waals surface area (Å²) in [5.41, 5.74) is -1.59. The number of benzene rings is 1. The molecule has 1 unspecified atom stereocenters. The molecule has 4 aromatic heterocycles. The van der Waals surface area contributed by atoms with Crippen LogP contribution in [0.25, 0.3) is 10.9 Å². The summed E-state index contributed by atoms with van der Waals surface area (Å²) in [5, 5.41) is 31.6. The van der Waals surface area contributed by atoms with Gasteiger partial charge < -0.3 is 19.0 Å². The van der Waals surface area contributed by atoms with Crippen LogP contribution < -0.4 is 4.74 Å². The zero-order valence-electron chi connectivity index (χ0n) is 23.5. The van der Waals surface area contributed by atoms with Gasteiger partial charge in [-0.05, 0) is 42.3 Å². The molecule has 5 aromatic rings. The zero-order chi connectivity index (χ0) is 30.5. The summed E-state index contributed by atoms with van der Waals surface area (Å²) in [6.45, 7) is 4.11. The Morgan fingerprint density at radius 3 is 2.60 bits per heavy atom. The number of nitriles is 1. The number of fused-ring (bicyclic) bond motifs is 2. The van der Waals surface area contributed by atoms with Crippen LogP contribution in [-0.4, -0.2) is 57.9 Å². The molecule has 1 aliphatic heterocycles. The van der Waals surface area contributed by atoms with E-state index < -0.39 is 17.5 Å². The highest BCUT2D eigenvalue weighted by Gasteiger charge is 2.40. The van der Waals surface area contributed by atoms with Gasteiger partial charge in [0.15, 0.2) is 5.60 Å². The Labute approximate surface area is 243 Å². The fourth-order valence-corrected chi connectivity index (χ4v) is 5.64.